The molecular formula is C13H15N3O. The molecule has 0 fully saturated rings. The van der Waals surface area contributed by atoms with Crippen LogP contribution in [0.1, 0.15) is 23.7 Å². The second-order valence-electron chi connectivity index (χ2n) is 4.00. The number of aromatic nitrogens is 3. The minimum absolute atomic E-state index is 0.0694. The molecule has 0 unspecified atom stereocenters. The van der Waals surface area contributed by atoms with Gasteiger partial charge in [0.15, 0.2) is 5.82 Å². The topological polar surface area (TPSA) is 58.6 Å². The highest BCUT2D eigenvalue weighted by Gasteiger charge is 2.10. The van der Waals surface area contributed by atoms with Crippen LogP contribution in [0.4, 0.5) is 0 Å². The van der Waals surface area contributed by atoms with Crippen LogP contribution in [0.15, 0.2) is 23.1 Å². The zero-order chi connectivity index (χ0) is 12.4. The number of aryl methyl sites for hydroxylation is 2. The molecule has 0 amide bonds. The van der Waals surface area contributed by atoms with E-state index in [1.165, 1.54) is 0 Å². The molecule has 0 aliphatic rings. The van der Waals surface area contributed by atoms with Gasteiger partial charge < -0.3 is 4.98 Å². The summed E-state index contributed by atoms with van der Waals surface area (Å²) in [7, 11) is 0. The van der Waals surface area contributed by atoms with Crippen LogP contribution >= 0.6 is 0 Å². The summed E-state index contributed by atoms with van der Waals surface area (Å²) in [4.78, 5) is 23.3. The lowest BCUT2D eigenvalue weighted by atomic mass is 10.1. The highest BCUT2D eigenvalue weighted by atomic mass is 16.1. The van der Waals surface area contributed by atoms with Gasteiger partial charge in [0.2, 0.25) is 0 Å². The van der Waals surface area contributed by atoms with Crippen LogP contribution in [0.25, 0.3) is 11.5 Å². The molecule has 0 spiro atoms. The summed E-state index contributed by atoms with van der Waals surface area (Å²) in [5, 5.41) is 0. The fourth-order valence-corrected chi connectivity index (χ4v) is 1.87. The monoisotopic (exact) mass is 229 g/mol. The Hall–Kier alpha value is -1.97. The fraction of sp³-hybridized carbons (Fsp3) is 0.308. The molecule has 0 saturated heterocycles. The Balaban J connectivity index is 2.63. The van der Waals surface area contributed by atoms with E-state index in [-0.39, 0.29) is 5.56 Å². The van der Waals surface area contributed by atoms with Crippen molar-refractivity contribution in [2.45, 2.75) is 27.2 Å². The molecule has 0 atom stereocenters. The maximum atomic E-state index is 11.9. The van der Waals surface area contributed by atoms with Crippen LogP contribution in [0.5, 0.6) is 0 Å². The third-order valence-electron chi connectivity index (χ3n) is 2.81. The number of pyridine rings is 1. The van der Waals surface area contributed by atoms with E-state index in [0.717, 1.165) is 22.5 Å². The van der Waals surface area contributed by atoms with E-state index in [0.29, 0.717) is 12.2 Å². The number of nitrogens with one attached hydrogen (secondary N) is 1. The Bertz CT molecular complexity index is 602. The molecule has 4 heteroatoms. The number of hydrogen-bond donors (Lipinski definition) is 1. The van der Waals surface area contributed by atoms with Crippen molar-refractivity contribution in [3.63, 3.8) is 0 Å². The van der Waals surface area contributed by atoms with Crippen molar-refractivity contribution >= 4 is 0 Å². The molecule has 4 nitrogen and oxygen atoms in total. The average Bonchev–Trinajstić information content (AvgIpc) is 2.29. The zero-order valence-electron chi connectivity index (χ0n) is 10.2. The Morgan fingerprint density at radius 3 is 2.71 bits per heavy atom. The molecule has 0 radical (unpaired) electrons. The van der Waals surface area contributed by atoms with E-state index in [9.17, 15) is 4.79 Å². The minimum atomic E-state index is -0.0694. The molecule has 88 valence electrons. The summed E-state index contributed by atoms with van der Waals surface area (Å²) < 4.78 is 0. The lowest BCUT2D eigenvalue weighted by molar-refractivity contribution is 0.959. The van der Waals surface area contributed by atoms with Crippen molar-refractivity contribution < 1.29 is 0 Å². The highest BCUT2D eigenvalue weighted by molar-refractivity contribution is 5.54. The van der Waals surface area contributed by atoms with Crippen LogP contribution in [0, 0.1) is 13.8 Å². The van der Waals surface area contributed by atoms with Crippen molar-refractivity contribution in [3.05, 3.63) is 45.5 Å². The summed E-state index contributed by atoms with van der Waals surface area (Å²) in [6.45, 7) is 5.76. The average molecular weight is 229 g/mol. The van der Waals surface area contributed by atoms with Gasteiger partial charge in [-0.05, 0) is 31.9 Å². The van der Waals surface area contributed by atoms with Crippen molar-refractivity contribution in [1.82, 2.24) is 15.0 Å². The van der Waals surface area contributed by atoms with Crippen LogP contribution in [-0.4, -0.2) is 15.0 Å². The molecule has 2 rings (SSSR count). The molecule has 0 saturated carbocycles. The van der Waals surface area contributed by atoms with Gasteiger partial charge in [-0.25, -0.2) is 4.98 Å². The van der Waals surface area contributed by atoms with Gasteiger partial charge in [0.1, 0.15) is 5.69 Å². The Morgan fingerprint density at radius 2 is 2.12 bits per heavy atom. The number of nitrogens with zero attached hydrogens (tertiary/aromatic N) is 2. The van der Waals surface area contributed by atoms with Crippen molar-refractivity contribution in [3.8, 4) is 11.5 Å². The first-order valence-electron chi connectivity index (χ1n) is 5.65. The molecule has 2 aromatic rings. The predicted octanol–water partition coefficient (Wildman–Crippen LogP) is 2.01. The fourth-order valence-electron chi connectivity index (χ4n) is 1.87. The molecule has 2 heterocycles. The standard InChI is InChI=1S/C13H15N3O/c1-4-10-9(3)15-12(16-13(10)17)11-8(2)6-5-7-14-11/h5-7H,4H2,1-3H3,(H,15,16,17). The molecule has 0 aliphatic heterocycles. The smallest absolute Gasteiger partial charge is 0.254 e. The minimum Gasteiger partial charge on any atom is -0.305 e. The van der Waals surface area contributed by atoms with Crippen LogP contribution in [-0.2, 0) is 6.42 Å². The largest absolute Gasteiger partial charge is 0.305 e. The summed E-state index contributed by atoms with van der Waals surface area (Å²) in [6.07, 6.45) is 2.39. The normalized spacial score (nSPS) is 10.5. The first-order valence-corrected chi connectivity index (χ1v) is 5.65. The highest BCUT2D eigenvalue weighted by Crippen LogP contribution is 2.15. The molecular weight excluding hydrogens is 214 g/mol. The molecule has 0 aromatic carbocycles. The first-order chi connectivity index (χ1) is 8.13. The number of H-pyrrole nitrogens is 1. The molecule has 0 aliphatic carbocycles. The van der Waals surface area contributed by atoms with Gasteiger partial charge in [-0.15, -0.1) is 0 Å². The maximum Gasteiger partial charge on any atom is 0.254 e. The SMILES string of the molecule is CCc1c(C)nc(-c2ncccc2C)[nH]c1=O. The molecule has 1 N–H and O–H groups in total. The van der Waals surface area contributed by atoms with Crippen molar-refractivity contribution in [1.29, 1.82) is 0 Å². The van der Waals surface area contributed by atoms with Gasteiger partial charge >= 0.3 is 0 Å². The van der Waals surface area contributed by atoms with Crippen LogP contribution < -0.4 is 5.56 Å². The van der Waals surface area contributed by atoms with E-state index in [1.807, 2.05) is 32.9 Å². The number of aromatic amines is 1. The van der Waals surface area contributed by atoms with E-state index in [1.54, 1.807) is 6.20 Å². The Labute approximate surface area is 99.8 Å². The number of rotatable bonds is 2. The lowest BCUT2D eigenvalue weighted by Crippen LogP contribution is -2.17. The van der Waals surface area contributed by atoms with Gasteiger partial charge in [-0.3, -0.25) is 9.78 Å². The van der Waals surface area contributed by atoms with Gasteiger partial charge in [-0.1, -0.05) is 13.0 Å². The maximum absolute atomic E-state index is 11.9. The summed E-state index contributed by atoms with van der Waals surface area (Å²) in [5.74, 6) is 0.544. The zero-order valence-corrected chi connectivity index (χ0v) is 10.2. The Kier molecular flexibility index (Phi) is 3.04. The third-order valence-corrected chi connectivity index (χ3v) is 2.81. The summed E-state index contributed by atoms with van der Waals surface area (Å²) >= 11 is 0. The second kappa shape index (κ2) is 4.49. The van der Waals surface area contributed by atoms with Gasteiger partial charge in [0, 0.05) is 17.5 Å². The first kappa shape index (κ1) is 11.5. The van der Waals surface area contributed by atoms with Gasteiger partial charge in [0.25, 0.3) is 5.56 Å². The van der Waals surface area contributed by atoms with Crippen LogP contribution in [0.3, 0.4) is 0 Å². The molecule has 17 heavy (non-hydrogen) atoms. The number of hydrogen-bond acceptors (Lipinski definition) is 3. The van der Waals surface area contributed by atoms with E-state index in [4.69, 9.17) is 0 Å². The van der Waals surface area contributed by atoms with E-state index < -0.39 is 0 Å². The quantitative estimate of drug-likeness (QED) is 0.857. The van der Waals surface area contributed by atoms with Gasteiger partial charge in [0.05, 0.1) is 0 Å². The van der Waals surface area contributed by atoms with Gasteiger partial charge in [-0.2, -0.15) is 0 Å². The second-order valence-corrected chi connectivity index (χ2v) is 4.00. The Morgan fingerprint density at radius 1 is 1.35 bits per heavy atom. The van der Waals surface area contributed by atoms with Crippen molar-refractivity contribution in [2.75, 3.05) is 0 Å². The summed E-state index contributed by atoms with van der Waals surface area (Å²) in [6, 6.07) is 3.82. The molecule has 2 aromatic heterocycles. The lowest BCUT2D eigenvalue weighted by Gasteiger charge is -2.06. The van der Waals surface area contributed by atoms with Crippen molar-refractivity contribution in [2.24, 2.45) is 0 Å². The van der Waals surface area contributed by atoms with Crippen LogP contribution in [0.2, 0.25) is 0 Å². The molecule has 0 bridgehead atoms. The predicted molar refractivity (Wildman–Crippen MR) is 66.9 cm³/mol. The third kappa shape index (κ3) is 2.11. The summed E-state index contributed by atoms with van der Waals surface area (Å²) in [5.41, 5.74) is 3.17. The van der Waals surface area contributed by atoms with E-state index >= 15 is 0 Å². The van der Waals surface area contributed by atoms with E-state index in [2.05, 4.69) is 15.0 Å².